The van der Waals surface area contributed by atoms with Crippen molar-refractivity contribution in [2.75, 3.05) is 28.3 Å². The van der Waals surface area contributed by atoms with Gasteiger partial charge in [-0.25, -0.2) is 4.79 Å². The molecular formula is C18H20N2O4. The lowest BCUT2D eigenvalue weighted by Gasteiger charge is -2.11. The molecule has 6 heteroatoms. The molecule has 0 aliphatic heterocycles. The molecule has 6 nitrogen and oxygen atoms in total. The maximum Gasteiger partial charge on any atom is 0.347 e. The highest BCUT2D eigenvalue weighted by Gasteiger charge is 2.16. The molecule has 0 N–H and O–H groups in total. The first kappa shape index (κ1) is 17.3. The minimum Gasteiger partial charge on any atom is -0.496 e. The van der Waals surface area contributed by atoms with Crippen molar-refractivity contribution in [3.8, 4) is 17.2 Å². The summed E-state index contributed by atoms with van der Waals surface area (Å²) in [5.41, 5.74) is 1.18. The minimum atomic E-state index is -0.513. The van der Waals surface area contributed by atoms with Gasteiger partial charge in [0.15, 0.2) is 11.5 Å². The van der Waals surface area contributed by atoms with E-state index in [4.69, 9.17) is 14.2 Å². The predicted octanol–water partition coefficient (Wildman–Crippen LogP) is 2.82. The maximum absolute atomic E-state index is 12.4. The zero-order valence-corrected chi connectivity index (χ0v) is 14.1. The van der Waals surface area contributed by atoms with Gasteiger partial charge in [0.2, 0.25) is 0 Å². The molecule has 0 unspecified atom stereocenters. The van der Waals surface area contributed by atoms with Crippen LogP contribution in [0.2, 0.25) is 0 Å². The van der Waals surface area contributed by atoms with Gasteiger partial charge in [0.1, 0.15) is 11.3 Å². The lowest BCUT2D eigenvalue weighted by molar-refractivity contribution is 0.0726. The average Bonchev–Trinajstić information content (AvgIpc) is 2.60. The number of hydrazone groups is 1. The van der Waals surface area contributed by atoms with E-state index in [0.29, 0.717) is 22.8 Å². The number of carbonyl (C=O) groups is 1. The molecule has 0 fully saturated rings. The molecule has 2 aromatic carbocycles. The number of nitrogens with zero attached hydrogens (tertiary/aromatic N) is 2. The first-order chi connectivity index (χ1) is 11.5. The van der Waals surface area contributed by atoms with E-state index in [-0.39, 0.29) is 0 Å². The van der Waals surface area contributed by atoms with Gasteiger partial charge in [-0.05, 0) is 35.9 Å². The Morgan fingerprint density at radius 1 is 1.00 bits per heavy atom. The van der Waals surface area contributed by atoms with Crippen molar-refractivity contribution >= 4 is 12.2 Å². The van der Waals surface area contributed by atoms with Gasteiger partial charge >= 0.3 is 5.97 Å². The smallest absolute Gasteiger partial charge is 0.347 e. The summed E-state index contributed by atoms with van der Waals surface area (Å²) in [7, 11) is 6.68. The maximum atomic E-state index is 12.4. The number of rotatable bonds is 6. The number of esters is 1. The van der Waals surface area contributed by atoms with Crippen molar-refractivity contribution in [1.29, 1.82) is 0 Å². The normalized spacial score (nSPS) is 10.5. The summed E-state index contributed by atoms with van der Waals surface area (Å²) in [6.07, 6.45) is 1.69. The summed E-state index contributed by atoms with van der Waals surface area (Å²) in [6.45, 7) is 0. The van der Waals surface area contributed by atoms with Gasteiger partial charge < -0.3 is 19.2 Å². The fourth-order valence-electron chi connectivity index (χ4n) is 2.00. The zero-order chi connectivity index (χ0) is 17.5. The molecule has 0 bridgehead atoms. The first-order valence-electron chi connectivity index (χ1n) is 7.29. The van der Waals surface area contributed by atoms with Crippen LogP contribution in [0.25, 0.3) is 0 Å². The zero-order valence-electron chi connectivity index (χ0n) is 14.1. The van der Waals surface area contributed by atoms with Crippen molar-refractivity contribution in [2.45, 2.75) is 0 Å². The molecule has 0 amide bonds. The summed E-state index contributed by atoms with van der Waals surface area (Å²) >= 11 is 0. The van der Waals surface area contributed by atoms with Gasteiger partial charge in [0.25, 0.3) is 0 Å². The Labute approximate surface area is 141 Å². The van der Waals surface area contributed by atoms with Crippen molar-refractivity contribution in [3.63, 3.8) is 0 Å². The van der Waals surface area contributed by atoms with E-state index in [1.807, 2.05) is 14.1 Å². The Morgan fingerprint density at radius 3 is 2.38 bits per heavy atom. The van der Waals surface area contributed by atoms with Crippen molar-refractivity contribution in [3.05, 3.63) is 53.6 Å². The highest BCUT2D eigenvalue weighted by Crippen LogP contribution is 2.29. The third-order valence-corrected chi connectivity index (χ3v) is 3.15. The van der Waals surface area contributed by atoms with E-state index in [0.717, 1.165) is 5.56 Å². The summed E-state index contributed by atoms with van der Waals surface area (Å²) in [5, 5.41) is 5.84. The molecule has 2 aromatic rings. The minimum absolute atomic E-state index is 0.329. The van der Waals surface area contributed by atoms with Crippen LogP contribution < -0.4 is 14.2 Å². The molecule has 24 heavy (non-hydrogen) atoms. The van der Waals surface area contributed by atoms with E-state index < -0.39 is 5.97 Å². The monoisotopic (exact) mass is 328 g/mol. The topological polar surface area (TPSA) is 60.4 Å². The number of ether oxygens (including phenoxy) is 3. The lowest BCUT2D eigenvalue weighted by Crippen LogP contribution is -2.11. The molecular weight excluding hydrogens is 308 g/mol. The molecule has 0 spiro atoms. The lowest BCUT2D eigenvalue weighted by atomic mass is 10.2. The third kappa shape index (κ3) is 4.25. The number of hydrogen-bond acceptors (Lipinski definition) is 6. The molecule has 2 rings (SSSR count). The second-order valence-electron chi connectivity index (χ2n) is 5.09. The third-order valence-electron chi connectivity index (χ3n) is 3.15. The second kappa shape index (κ2) is 8.01. The van der Waals surface area contributed by atoms with Gasteiger partial charge in [-0.15, -0.1) is 0 Å². The van der Waals surface area contributed by atoms with Gasteiger partial charge in [0, 0.05) is 14.1 Å². The number of benzene rings is 2. The van der Waals surface area contributed by atoms with Crippen molar-refractivity contribution in [2.24, 2.45) is 5.10 Å². The molecule has 0 aliphatic rings. The summed E-state index contributed by atoms with van der Waals surface area (Å²) in [4.78, 5) is 12.4. The molecule has 0 atom stereocenters. The van der Waals surface area contributed by atoms with Crippen LogP contribution in [0, 0.1) is 0 Å². The van der Waals surface area contributed by atoms with Gasteiger partial charge in [-0.3, -0.25) is 0 Å². The van der Waals surface area contributed by atoms with Crippen LogP contribution in [0.4, 0.5) is 0 Å². The fraction of sp³-hybridized carbons (Fsp3) is 0.222. The van der Waals surface area contributed by atoms with E-state index >= 15 is 0 Å². The highest BCUT2D eigenvalue weighted by atomic mass is 16.6. The Balaban J connectivity index is 2.24. The number of para-hydroxylation sites is 1. The van der Waals surface area contributed by atoms with Crippen LogP contribution in [0.15, 0.2) is 47.6 Å². The Morgan fingerprint density at radius 2 is 1.71 bits per heavy atom. The van der Waals surface area contributed by atoms with Gasteiger partial charge in [0.05, 0.1) is 20.4 Å². The molecule has 0 heterocycles. The Bertz CT molecular complexity index is 742. The Hall–Kier alpha value is -3.02. The van der Waals surface area contributed by atoms with Crippen LogP contribution in [-0.2, 0) is 0 Å². The number of methoxy groups -OCH3 is 2. The predicted molar refractivity (Wildman–Crippen MR) is 92.2 cm³/mol. The Kier molecular flexibility index (Phi) is 5.78. The van der Waals surface area contributed by atoms with E-state index in [1.54, 1.807) is 53.7 Å². The number of hydrogen-bond donors (Lipinski definition) is 0. The van der Waals surface area contributed by atoms with Gasteiger partial charge in [-0.2, -0.15) is 5.10 Å². The van der Waals surface area contributed by atoms with Crippen molar-refractivity contribution in [1.82, 2.24) is 5.01 Å². The summed E-state index contributed by atoms with van der Waals surface area (Å²) < 4.78 is 15.9. The molecule has 0 radical (unpaired) electrons. The van der Waals surface area contributed by atoms with E-state index in [9.17, 15) is 4.79 Å². The largest absolute Gasteiger partial charge is 0.496 e. The first-order valence-corrected chi connectivity index (χ1v) is 7.29. The second-order valence-corrected chi connectivity index (χ2v) is 5.09. The quantitative estimate of drug-likeness (QED) is 0.353. The standard InChI is InChI=1S/C18H20N2O4/c1-20(2)19-12-13-9-10-16(17(11-13)23-4)24-18(21)14-7-5-6-8-15(14)22-3/h5-12H,1-4H3. The molecule has 0 aliphatic carbocycles. The summed E-state index contributed by atoms with van der Waals surface area (Å²) in [5.74, 6) is 0.716. The number of carbonyl (C=O) groups excluding carboxylic acids is 1. The van der Waals surface area contributed by atoms with Crippen LogP contribution in [0.5, 0.6) is 17.2 Å². The molecule has 0 aromatic heterocycles. The van der Waals surface area contributed by atoms with Crippen LogP contribution in [-0.4, -0.2) is 45.5 Å². The van der Waals surface area contributed by atoms with Gasteiger partial charge in [-0.1, -0.05) is 12.1 Å². The molecule has 0 saturated carbocycles. The van der Waals surface area contributed by atoms with E-state index in [2.05, 4.69) is 5.10 Å². The highest BCUT2D eigenvalue weighted by molar-refractivity contribution is 5.94. The summed E-state index contributed by atoms with van der Waals surface area (Å²) in [6, 6.07) is 12.1. The van der Waals surface area contributed by atoms with Crippen LogP contribution in [0.3, 0.4) is 0 Å². The van der Waals surface area contributed by atoms with E-state index in [1.165, 1.54) is 14.2 Å². The molecule has 0 saturated heterocycles. The molecule has 126 valence electrons. The van der Waals surface area contributed by atoms with Crippen LogP contribution in [0.1, 0.15) is 15.9 Å². The fourth-order valence-corrected chi connectivity index (χ4v) is 2.00. The average molecular weight is 328 g/mol. The van der Waals surface area contributed by atoms with Crippen LogP contribution >= 0.6 is 0 Å². The van der Waals surface area contributed by atoms with Crippen molar-refractivity contribution < 1.29 is 19.0 Å². The SMILES string of the molecule is COc1cc(C=NN(C)C)ccc1OC(=O)c1ccccc1OC.